The summed E-state index contributed by atoms with van der Waals surface area (Å²) in [5, 5.41) is 6.42. The van der Waals surface area contributed by atoms with E-state index in [1.165, 1.54) is 0 Å². The molecule has 1 rings (SSSR count). The fourth-order valence-electron chi connectivity index (χ4n) is 1.54. The van der Waals surface area contributed by atoms with Crippen molar-refractivity contribution in [2.24, 2.45) is 0 Å². The van der Waals surface area contributed by atoms with Gasteiger partial charge in [0.2, 0.25) is 0 Å². The maximum absolute atomic E-state index is 13.6. The van der Waals surface area contributed by atoms with Gasteiger partial charge in [0, 0.05) is 38.9 Å². The summed E-state index contributed by atoms with van der Waals surface area (Å²) in [6.07, 6.45) is 0. The second-order valence-corrected chi connectivity index (χ2v) is 3.97. The summed E-state index contributed by atoms with van der Waals surface area (Å²) in [4.78, 5) is 0. The van der Waals surface area contributed by atoms with Crippen LogP contribution in [0.2, 0.25) is 0 Å². The van der Waals surface area contributed by atoms with Crippen molar-refractivity contribution < 1.29 is 9.13 Å². The molecule has 0 aliphatic heterocycles. The van der Waals surface area contributed by atoms with Gasteiger partial charge in [0.1, 0.15) is 5.82 Å². The molecule has 4 heteroatoms. The molecule has 0 spiro atoms. The first kappa shape index (κ1) is 14.1. The van der Waals surface area contributed by atoms with Gasteiger partial charge >= 0.3 is 0 Å². The molecule has 0 heterocycles. The topological polar surface area (TPSA) is 33.3 Å². The second-order valence-electron chi connectivity index (χ2n) is 3.97. The Balaban J connectivity index is 2.16. The maximum atomic E-state index is 13.6. The third-order valence-electron chi connectivity index (χ3n) is 2.55. The van der Waals surface area contributed by atoms with Gasteiger partial charge in [0.15, 0.2) is 0 Å². The lowest BCUT2D eigenvalue weighted by molar-refractivity contribution is 0.199. The predicted octanol–water partition coefficient (Wildman–Crippen LogP) is 1.46. The van der Waals surface area contributed by atoms with E-state index in [1.807, 2.05) is 12.1 Å². The molecular formula is C13H21FN2O. The van der Waals surface area contributed by atoms with Crippen molar-refractivity contribution in [2.75, 3.05) is 33.4 Å². The molecule has 0 aliphatic rings. The summed E-state index contributed by atoms with van der Waals surface area (Å²) in [6, 6.07) is 5.48. The van der Waals surface area contributed by atoms with Crippen LogP contribution in [0.5, 0.6) is 0 Å². The van der Waals surface area contributed by atoms with Gasteiger partial charge in [-0.1, -0.05) is 18.2 Å². The number of methoxy groups -OCH3 is 1. The molecule has 0 saturated heterocycles. The zero-order chi connectivity index (χ0) is 12.5. The first-order valence-electron chi connectivity index (χ1n) is 5.90. The third-order valence-corrected chi connectivity index (χ3v) is 2.55. The molecule has 3 nitrogen and oxygen atoms in total. The SMILES string of the molecule is COCCNCCNCc1cccc(C)c1F. The molecule has 0 saturated carbocycles. The van der Waals surface area contributed by atoms with Crippen molar-refractivity contribution in [3.8, 4) is 0 Å². The minimum Gasteiger partial charge on any atom is -0.383 e. The Morgan fingerprint density at radius 1 is 1.18 bits per heavy atom. The van der Waals surface area contributed by atoms with Gasteiger partial charge in [-0.3, -0.25) is 0 Å². The lowest BCUT2D eigenvalue weighted by Gasteiger charge is -2.08. The number of nitrogens with one attached hydrogen (secondary N) is 2. The van der Waals surface area contributed by atoms with Crippen LogP contribution < -0.4 is 10.6 Å². The van der Waals surface area contributed by atoms with Crippen molar-refractivity contribution >= 4 is 0 Å². The van der Waals surface area contributed by atoms with Gasteiger partial charge in [0.25, 0.3) is 0 Å². The highest BCUT2D eigenvalue weighted by atomic mass is 19.1. The summed E-state index contributed by atoms with van der Waals surface area (Å²) >= 11 is 0. The Bertz CT molecular complexity index is 331. The van der Waals surface area contributed by atoms with Gasteiger partial charge < -0.3 is 15.4 Å². The molecule has 17 heavy (non-hydrogen) atoms. The normalized spacial score (nSPS) is 10.8. The van der Waals surface area contributed by atoms with E-state index in [2.05, 4.69) is 10.6 Å². The molecule has 0 aromatic heterocycles. The number of benzene rings is 1. The molecular weight excluding hydrogens is 219 g/mol. The van der Waals surface area contributed by atoms with E-state index in [9.17, 15) is 4.39 Å². The first-order chi connectivity index (χ1) is 8.25. The van der Waals surface area contributed by atoms with Gasteiger partial charge in [0.05, 0.1) is 6.61 Å². The Morgan fingerprint density at radius 3 is 2.71 bits per heavy atom. The summed E-state index contributed by atoms with van der Waals surface area (Å²) in [7, 11) is 1.68. The first-order valence-corrected chi connectivity index (χ1v) is 5.90. The minimum absolute atomic E-state index is 0.104. The van der Waals surface area contributed by atoms with Crippen molar-refractivity contribution in [3.63, 3.8) is 0 Å². The Labute approximate surface area is 102 Å². The molecule has 0 aliphatic carbocycles. The average Bonchev–Trinajstić information content (AvgIpc) is 2.33. The largest absolute Gasteiger partial charge is 0.383 e. The predicted molar refractivity (Wildman–Crippen MR) is 67.6 cm³/mol. The molecule has 0 radical (unpaired) electrons. The standard InChI is InChI=1S/C13H21FN2O/c1-11-4-3-5-12(13(11)14)10-16-7-6-15-8-9-17-2/h3-5,15-16H,6-10H2,1-2H3. The monoisotopic (exact) mass is 240 g/mol. The Morgan fingerprint density at radius 2 is 1.94 bits per heavy atom. The Kier molecular flexibility index (Phi) is 6.77. The lowest BCUT2D eigenvalue weighted by atomic mass is 10.1. The van der Waals surface area contributed by atoms with E-state index >= 15 is 0 Å². The van der Waals surface area contributed by atoms with Gasteiger partial charge in [-0.05, 0) is 12.5 Å². The van der Waals surface area contributed by atoms with E-state index in [4.69, 9.17) is 4.74 Å². The van der Waals surface area contributed by atoms with E-state index in [0.717, 1.165) is 25.2 Å². The molecule has 0 amide bonds. The number of hydrogen-bond donors (Lipinski definition) is 2. The van der Waals surface area contributed by atoms with Crippen molar-refractivity contribution in [1.82, 2.24) is 10.6 Å². The number of rotatable bonds is 8. The van der Waals surface area contributed by atoms with Gasteiger partial charge in [-0.15, -0.1) is 0 Å². The van der Waals surface area contributed by atoms with Crippen LogP contribution in [0.3, 0.4) is 0 Å². The molecule has 96 valence electrons. The van der Waals surface area contributed by atoms with Crippen LogP contribution in [0.15, 0.2) is 18.2 Å². The maximum Gasteiger partial charge on any atom is 0.130 e. The molecule has 1 aromatic rings. The van der Waals surface area contributed by atoms with Crippen molar-refractivity contribution in [3.05, 3.63) is 35.1 Å². The summed E-state index contributed by atoms with van der Waals surface area (Å²) in [5.41, 5.74) is 1.42. The third kappa shape index (κ3) is 5.26. The molecule has 0 bridgehead atoms. The fourth-order valence-corrected chi connectivity index (χ4v) is 1.54. The molecule has 0 unspecified atom stereocenters. The number of hydrogen-bond acceptors (Lipinski definition) is 3. The van der Waals surface area contributed by atoms with Gasteiger partial charge in [-0.2, -0.15) is 0 Å². The van der Waals surface area contributed by atoms with Crippen LogP contribution in [0, 0.1) is 12.7 Å². The second kappa shape index (κ2) is 8.17. The minimum atomic E-state index is -0.104. The van der Waals surface area contributed by atoms with Crippen LogP contribution in [0.4, 0.5) is 4.39 Å². The molecule has 1 aromatic carbocycles. The lowest BCUT2D eigenvalue weighted by Crippen LogP contribution is -2.29. The average molecular weight is 240 g/mol. The van der Waals surface area contributed by atoms with Crippen molar-refractivity contribution in [2.45, 2.75) is 13.5 Å². The van der Waals surface area contributed by atoms with Crippen LogP contribution in [0.1, 0.15) is 11.1 Å². The summed E-state index contributed by atoms with van der Waals surface area (Å²) < 4.78 is 18.5. The van der Waals surface area contributed by atoms with Crippen molar-refractivity contribution in [1.29, 1.82) is 0 Å². The van der Waals surface area contributed by atoms with E-state index < -0.39 is 0 Å². The highest BCUT2D eigenvalue weighted by Crippen LogP contribution is 2.11. The fraction of sp³-hybridized carbons (Fsp3) is 0.538. The quantitative estimate of drug-likeness (QED) is 0.675. The zero-order valence-electron chi connectivity index (χ0n) is 10.6. The van der Waals surface area contributed by atoms with E-state index in [1.54, 1.807) is 20.1 Å². The van der Waals surface area contributed by atoms with E-state index in [-0.39, 0.29) is 5.82 Å². The Hall–Kier alpha value is -0.970. The number of aryl methyl sites for hydroxylation is 1. The highest BCUT2D eigenvalue weighted by molar-refractivity contribution is 5.24. The smallest absolute Gasteiger partial charge is 0.130 e. The highest BCUT2D eigenvalue weighted by Gasteiger charge is 2.03. The van der Waals surface area contributed by atoms with Crippen LogP contribution in [-0.2, 0) is 11.3 Å². The molecule has 0 atom stereocenters. The number of halogens is 1. The molecule has 0 fully saturated rings. The zero-order valence-corrected chi connectivity index (χ0v) is 10.6. The van der Waals surface area contributed by atoms with Gasteiger partial charge in [-0.25, -0.2) is 4.39 Å². The van der Waals surface area contributed by atoms with Crippen LogP contribution in [-0.4, -0.2) is 33.4 Å². The van der Waals surface area contributed by atoms with Crippen LogP contribution >= 0.6 is 0 Å². The number of ether oxygens (including phenoxy) is 1. The van der Waals surface area contributed by atoms with Crippen LogP contribution in [0.25, 0.3) is 0 Å². The molecule has 2 N–H and O–H groups in total. The summed E-state index contributed by atoms with van der Waals surface area (Å²) in [6.45, 7) is 5.59. The van der Waals surface area contributed by atoms with E-state index in [0.29, 0.717) is 18.7 Å². The summed E-state index contributed by atoms with van der Waals surface area (Å²) in [5.74, 6) is -0.104.